The molecule has 0 bridgehead atoms. The lowest BCUT2D eigenvalue weighted by atomic mass is 9.91. The summed E-state index contributed by atoms with van der Waals surface area (Å²) in [7, 11) is 0. The zero-order valence-corrected chi connectivity index (χ0v) is 8.11. The van der Waals surface area contributed by atoms with Crippen LogP contribution in [0, 0.1) is 0 Å². The first kappa shape index (κ1) is 9.65. The highest BCUT2D eigenvalue weighted by Gasteiger charge is 2.37. The molecule has 0 unspecified atom stereocenters. The summed E-state index contributed by atoms with van der Waals surface area (Å²) in [4.78, 5) is 24.1. The van der Waals surface area contributed by atoms with Crippen molar-refractivity contribution in [1.29, 1.82) is 0 Å². The van der Waals surface area contributed by atoms with Gasteiger partial charge in [-0.05, 0) is 12.8 Å². The van der Waals surface area contributed by atoms with E-state index in [0.29, 0.717) is 0 Å². The monoisotopic (exact) mass is 197 g/mol. The van der Waals surface area contributed by atoms with Crippen LogP contribution in [0.1, 0.15) is 32.1 Å². The molecule has 2 fully saturated rings. The second-order valence-electron chi connectivity index (χ2n) is 4.16. The van der Waals surface area contributed by atoms with Crippen LogP contribution in [0.2, 0.25) is 0 Å². The van der Waals surface area contributed by atoms with E-state index in [1.54, 1.807) is 4.90 Å². The zero-order chi connectivity index (χ0) is 10.1. The lowest BCUT2D eigenvalue weighted by Gasteiger charge is -2.34. The Labute approximate surface area is 82.9 Å². The number of nitrogens with zero attached hydrogens (tertiary/aromatic N) is 1. The molecule has 4 heteroatoms. The Balaban J connectivity index is 2.06. The van der Waals surface area contributed by atoms with Gasteiger partial charge in [-0.25, -0.2) is 0 Å². The zero-order valence-electron chi connectivity index (χ0n) is 8.11. The maximum absolute atomic E-state index is 11.4. The number of aliphatic hydroxyl groups excluding tert-OH is 1. The molecule has 1 saturated heterocycles. The van der Waals surface area contributed by atoms with Gasteiger partial charge in [-0.1, -0.05) is 12.8 Å². The van der Waals surface area contributed by atoms with Crippen molar-refractivity contribution in [2.45, 2.75) is 44.2 Å². The second kappa shape index (κ2) is 3.69. The van der Waals surface area contributed by atoms with Gasteiger partial charge in [0.25, 0.3) is 0 Å². The van der Waals surface area contributed by atoms with Crippen LogP contribution >= 0.6 is 0 Å². The van der Waals surface area contributed by atoms with Gasteiger partial charge in [0.15, 0.2) is 5.78 Å². The second-order valence-corrected chi connectivity index (χ2v) is 4.16. The van der Waals surface area contributed by atoms with Crippen LogP contribution in [0.4, 0.5) is 0 Å². The highest BCUT2D eigenvalue weighted by molar-refractivity contribution is 6.05. The number of aliphatic hydroxyl groups is 1. The number of carbonyl (C=O) groups is 2. The molecule has 14 heavy (non-hydrogen) atoms. The molecule has 78 valence electrons. The molecule has 4 nitrogen and oxygen atoms in total. The Morgan fingerprint density at radius 3 is 2.50 bits per heavy atom. The van der Waals surface area contributed by atoms with Crippen molar-refractivity contribution < 1.29 is 14.7 Å². The van der Waals surface area contributed by atoms with E-state index in [2.05, 4.69) is 0 Å². The third kappa shape index (κ3) is 1.66. The summed E-state index contributed by atoms with van der Waals surface area (Å²) in [5, 5.41) is 9.73. The summed E-state index contributed by atoms with van der Waals surface area (Å²) in [6.45, 7) is 0.209. The van der Waals surface area contributed by atoms with E-state index in [-0.39, 0.29) is 30.7 Å². The highest BCUT2D eigenvalue weighted by Crippen LogP contribution is 2.25. The number of likely N-dealkylation sites (tertiary alicyclic amines) is 1. The molecule has 1 aliphatic heterocycles. The van der Waals surface area contributed by atoms with Crippen molar-refractivity contribution in [2.75, 3.05) is 6.54 Å². The SMILES string of the molecule is O=C1CC(=O)N([C@H]2CCCC[C@@H]2O)C1. The number of hydrogen-bond donors (Lipinski definition) is 1. The summed E-state index contributed by atoms with van der Waals surface area (Å²) in [5.41, 5.74) is 0. The Morgan fingerprint density at radius 1 is 1.21 bits per heavy atom. The minimum Gasteiger partial charge on any atom is -0.391 e. The number of hydrogen-bond acceptors (Lipinski definition) is 3. The summed E-state index contributed by atoms with van der Waals surface area (Å²) in [6, 6.07) is -0.109. The lowest BCUT2D eigenvalue weighted by molar-refractivity contribution is -0.132. The molecule has 1 N–H and O–H groups in total. The quantitative estimate of drug-likeness (QED) is 0.606. The van der Waals surface area contributed by atoms with Crippen LogP contribution in [0.3, 0.4) is 0 Å². The van der Waals surface area contributed by atoms with Crippen molar-refractivity contribution >= 4 is 11.7 Å². The van der Waals surface area contributed by atoms with Gasteiger partial charge in [-0.2, -0.15) is 0 Å². The van der Waals surface area contributed by atoms with E-state index in [1.165, 1.54) is 0 Å². The lowest BCUT2D eigenvalue weighted by Crippen LogP contribution is -2.46. The molecule has 2 rings (SSSR count). The number of ketones is 1. The number of carbonyl (C=O) groups excluding carboxylic acids is 2. The van der Waals surface area contributed by atoms with Gasteiger partial charge >= 0.3 is 0 Å². The molecule has 0 radical (unpaired) electrons. The first-order chi connectivity index (χ1) is 6.68. The van der Waals surface area contributed by atoms with Crippen LogP contribution in [-0.4, -0.2) is 40.4 Å². The summed E-state index contributed by atoms with van der Waals surface area (Å²) < 4.78 is 0. The Kier molecular flexibility index (Phi) is 2.54. The first-order valence-electron chi connectivity index (χ1n) is 5.17. The topological polar surface area (TPSA) is 57.6 Å². The van der Waals surface area contributed by atoms with Crippen molar-refractivity contribution in [2.24, 2.45) is 0 Å². The van der Waals surface area contributed by atoms with Gasteiger partial charge < -0.3 is 10.0 Å². The average molecular weight is 197 g/mol. The fraction of sp³-hybridized carbons (Fsp3) is 0.800. The smallest absolute Gasteiger partial charge is 0.230 e. The normalized spacial score (nSPS) is 33.9. The molecule has 1 amide bonds. The van der Waals surface area contributed by atoms with Crippen LogP contribution in [0.5, 0.6) is 0 Å². The van der Waals surface area contributed by atoms with Crippen LogP contribution in [0.15, 0.2) is 0 Å². The van der Waals surface area contributed by atoms with Gasteiger partial charge in [0.1, 0.15) is 0 Å². The summed E-state index contributed by atoms with van der Waals surface area (Å²) in [5.74, 6) is -0.131. The first-order valence-corrected chi connectivity index (χ1v) is 5.17. The molecular formula is C10H15NO3. The Morgan fingerprint density at radius 2 is 1.93 bits per heavy atom. The van der Waals surface area contributed by atoms with Crippen molar-refractivity contribution in [3.8, 4) is 0 Å². The van der Waals surface area contributed by atoms with Crippen LogP contribution < -0.4 is 0 Å². The van der Waals surface area contributed by atoms with Gasteiger partial charge in [-0.15, -0.1) is 0 Å². The minimum atomic E-state index is -0.432. The van der Waals surface area contributed by atoms with E-state index in [9.17, 15) is 14.7 Å². The van der Waals surface area contributed by atoms with E-state index in [1.807, 2.05) is 0 Å². The van der Waals surface area contributed by atoms with E-state index in [4.69, 9.17) is 0 Å². The summed E-state index contributed by atoms with van der Waals surface area (Å²) in [6.07, 6.45) is 3.25. The molecular weight excluding hydrogens is 182 g/mol. The standard InChI is InChI=1S/C10H15NO3/c12-7-5-10(14)11(6-7)8-3-1-2-4-9(8)13/h8-9,13H,1-6H2/t8-,9-/m0/s1. The number of amides is 1. The van der Waals surface area contributed by atoms with Gasteiger partial charge in [0.05, 0.1) is 25.1 Å². The van der Waals surface area contributed by atoms with Gasteiger partial charge in [0, 0.05) is 0 Å². The molecule has 0 aromatic carbocycles. The molecule has 0 aromatic rings. The summed E-state index contributed by atoms with van der Waals surface area (Å²) >= 11 is 0. The molecule has 1 aliphatic carbocycles. The molecule has 1 saturated carbocycles. The Hall–Kier alpha value is -0.900. The van der Waals surface area contributed by atoms with Gasteiger partial charge in [-0.3, -0.25) is 9.59 Å². The predicted molar refractivity (Wildman–Crippen MR) is 49.6 cm³/mol. The minimum absolute atomic E-state index is 0.0206. The van der Waals surface area contributed by atoms with Crippen molar-refractivity contribution in [1.82, 2.24) is 4.90 Å². The highest BCUT2D eigenvalue weighted by atomic mass is 16.3. The average Bonchev–Trinajstić information content (AvgIpc) is 2.46. The molecule has 2 aliphatic rings. The Bertz CT molecular complexity index is 264. The molecule has 0 aromatic heterocycles. The van der Waals surface area contributed by atoms with E-state index < -0.39 is 6.10 Å². The van der Waals surface area contributed by atoms with Crippen molar-refractivity contribution in [3.05, 3.63) is 0 Å². The van der Waals surface area contributed by atoms with E-state index >= 15 is 0 Å². The van der Waals surface area contributed by atoms with Crippen LogP contribution in [-0.2, 0) is 9.59 Å². The molecule has 2 atom stereocenters. The third-order valence-corrected chi connectivity index (χ3v) is 3.11. The number of rotatable bonds is 1. The molecule has 0 spiro atoms. The van der Waals surface area contributed by atoms with Crippen LogP contribution in [0.25, 0.3) is 0 Å². The third-order valence-electron chi connectivity index (χ3n) is 3.11. The van der Waals surface area contributed by atoms with E-state index in [0.717, 1.165) is 25.7 Å². The maximum atomic E-state index is 11.4. The predicted octanol–water partition coefficient (Wildman–Crippen LogP) is 0.0913. The fourth-order valence-electron chi connectivity index (χ4n) is 2.36. The van der Waals surface area contributed by atoms with Gasteiger partial charge in [0.2, 0.25) is 5.91 Å². The largest absolute Gasteiger partial charge is 0.391 e. The number of Topliss-reactive ketones (excluding diaryl/α,β-unsaturated/α-hetero) is 1. The fourth-order valence-corrected chi connectivity index (χ4v) is 2.36. The molecule has 1 heterocycles. The van der Waals surface area contributed by atoms with Crippen molar-refractivity contribution in [3.63, 3.8) is 0 Å². The maximum Gasteiger partial charge on any atom is 0.230 e.